The fourth-order valence-electron chi connectivity index (χ4n) is 2.65. The van der Waals surface area contributed by atoms with Crippen LogP contribution < -0.4 is 5.56 Å². The fourth-order valence-corrected chi connectivity index (χ4v) is 4.75. The Morgan fingerprint density at radius 3 is 2.76 bits per heavy atom. The van der Waals surface area contributed by atoms with Crippen LogP contribution in [-0.2, 0) is 16.0 Å². The van der Waals surface area contributed by atoms with Crippen LogP contribution in [0.3, 0.4) is 0 Å². The molecule has 132 valence electrons. The van der Waals surface area contributed by atoms with Gasteiger partial charge < -0.3 is 4.74 Å². The zero-order chi connectivity index (χ0) is 18.0. The molecule has 0 fully saturated rings. The summed E-state index contributed by atoms with van der Waals surface area (Å²) in [7, 11) is 1.38. The van der Waals surface area contributed by atoms with E-state index in [9.17, 15) is 9.59 Å². The Morgan fingerprint density at radius 1 is 1.40 bits per heavy atom. The molecule has 1 aromatic heterocycles. The third kappa shape index (κ3) is 3.62. The molecule has 0 radical (unpaired) electrons. The van der Waals surface area contributed by atoms with Crippen molar-refractivity contribution in [1.29, 1.82) is 0 Å². The molecule has 0 spiro atoms. The van der Waals surface area contributed by atoms with Crippen molar-refractivity contribution in [3.8, 4) is 5.69 Å². The van der Waals surface area contributed by atoms with Gasteiger partial charge in [0.15, 0.2) is 5.16 Å². The van der Waals surface area contributed by atoms with E-state index in [1.54, 1.807) is 16.3 Å². The lowest BCUT2D eigenvalue weighted by atomic mass is 10.2. The van der Waals surface area contributed by atoms with E-state index in [4.69, 9.17) is 9.72 Å². The maximum Gasteiger partial charge on any atom is 0.319 e. The lowest BCUT2D eigenvalue weighted by molar-refractivity contribution is -0.140. The Morgan fingerprint density at radius 2 is 2.12 bits per heavy atom. The van der Waals surface area contributed by atoms with Gasteiger partial charge in [0, 0.05) is 12.2 Å². The molecule has 0 bridgehead atoms. The van der Waals surface area contributed by atoms with Gasteiger partial charge in [-0.3, -0.25) is 14.2 Å². The minimum atomic E-state index is -0.388. The molecule has 5 nitrogen and oxygen atoms in total. The van der Waals surface area contributed by atoms with Crippen molar-refractivity contribution in [3.05, 3.63) is 45.9 Å². The predicted molar refractivity (Wildman–Crippen MR) is 101 cm³/mol. The van der Waals surface area contributed by atoms with Crippen LogP contribution in [0.25, 0.3) is 5.69 Å². The summed E-state index contributed by atoms with van der Waals surface area (Å²) in [5.41, 5.74) is 2.66. The Balaban J connectivity index is 2.13. The first-order chi connectivity index (χ1) is 12.0. The van der Waals surface area contributed by atoms with Gasteiger partial charge in [-0.15, -0.1) is 11.8 Å². The number of rotatable bonds is 5. The quantitative estimate of drug-likeness (QED) is 0.454. The van der Waals surface area contributed by atoms with E-state index in [1.165, 1.54) is 18.9 Å². The van der Waals surface area contributed by atoms with Crippen LogP contribution in [0.15, 0.2) is 39.1 Å². The smallest absolute Gasteiger partial charge is 0.319 e. The van der Waals surface area contributed by atoms with Crippen LogP contribution in [0.4, 0.5) is 0 Å². The van der Waals surface area contributed by atoms with E-state index in [0.717, 1.165) is 34.0 Å². The maximum atomic E-state index is 13.0. The second kappa shape index (κ2) is 7.66. The summed E-state index contributed by atoms with van der Waals surface area (Å²) < 4.78 is 6.50. The first kappa shape index (κ1) is 18.1. The van der Waals surface area contributed by atoms with E-state index < -0.39 is 0 Å². The molecule has 0 N–H and O–H groups in total. The first-order valence-corrected chi connectivity index (χ1v) is 10.0. The molecule has 1 aromatic carbocycles. The number of ether oxygens (including phenoxy) is 1. The summed E-state index contributed by atoms with van der Waals surface area (Å²) in [6.07, 6.45) is 1.39. The molecule has 1 atom stereocenters. The number of aryl methyl sites for hydroxylation is 2. The maximum absolute atomic E-state index is 13.0. The first-order valence-electron chi connectivity index (χ1n) is 8.15. The van der Waals surface area contributed by atoms with Gasteiger partial charge in [0.1, 0.15) is 5.25 Å². The van der Waals surface area contributed by atoms with E-state index in [-0.39, 0.29) is 16.8 Å². The molecule has 2 aromatic rings. The molecule has 0 aliphatic carbocycles. The highest BCUT2D eigenvalue weighted by atomic mass is 32.2. The third-order valence-electron chi connectivity index (χ3n) is 4.04. The van der Waals surface area contributed by atoms with Crippen LogP contribution in [0, 0.1) is 6.92 Å². The van der Waals surface area contributed by atoms with Crippen molar-refractivity contribution in [3.63, 3.8) is 0 Å². The highest BCUT2D eigenvalue weighted by Crippen LogP contribution is 2.32. The van der Waals surface area contributed by atoms with Gasteiger partial charge in [-0.1, -0.05) is 36.4 Å². The number of carbonyl (C=O) groups excluding carboxylic acids is 1. The van der Waals surface area contributed by atoms with Crippen LogP contribution in [0.2, 0.25) is 0 Å². The summed E-state index contributed by atoms with van der Waals surface area (Å²) in [5, 5.41) is 0.160. The average Bonchev–Trinajstić information content (AvgIpc) is 3.09. The van der Waals surface area contributed by atoms with Crippen molar-refractivity contribution < 1.29 is 9.53 Å². The summed E-state index contributed by atoms with van der Waals surface area (Å²) in [6, 6.07) is 7.75. The van der Waals surface area contributed by atoms with Crippen molar-refractivity contribution in [2.75, 3.05) is 12.9 Å². The standard InChI is InChI=1S/C18H20N2O3S2/c1-4-14(17(22)23-3)25-18-19-13-9-10-24-15(13)16(21)20(18)12-7-5-11(2)6-8-12/h5-8,14H,4,9-10H2,1-3H3/t14-/m0/s1. The van der Waals surface area contributed by atoms with Crippen LogP contribution in [0.1, 0.15) is 24.6 Å². The highest BCUT2D eigenvalue weighted by Gasteiger charge is 2.26. The van der Waals surface area contributed by atoms with Crippen molar-refractivity contribution in [1.82, 2.24) is 9.55 Å². The molecule has 0 saturated heterocycles. The number of esters is 1. The van der Waals surface area contributed by atoms with E-state index in [1.807, 2.05) is 38.1 Å². The SMILES string of the molecule is CC[C@H](Sc1nc2c(c(=O)n1-c1ccc(C)cc1)SCC2)C(=O)OC. The van der Waals surface area contributed by atoms with Gasteiger partial charge in [-0.05, 0) is 25.5 Å². The molecule has 1 aliphatic heterocycles. The molecule has 25 heavy (non-hydrogen) atoms. The molecule has 2 heterocycles. The number of nitrogens with zero attached hydrogens (tertiary/aromatic N) is 2. The van der Waals surface area contributed by atoms with Gasteiger partial charge in [0.05, 0.1) is 23.4 Å². The minimum absolute atomic E-state index is 0.0569. The molecule has 3 rings (SSSR count). The number of carbonyl (C=O) groups is 1. The van der Waals surface area contributed by atoms with Gasteiger partial charge in [-0.2, -0.15) is 0 Å². The average molecular weight is 377 g/mol. The van der Waals surface area contributed by atoms with Crippen molar-refractivity contribution >= 4 is 29.5 Å². The molecular formula is C18H20N2O3S2. The number of thioether (sulfide) groups is 2. The predicted octanol–water partition coefficient (Wildman–Crippen LogP) is 3.23. The minimum Gasteiger partial charge on any atom is -0.468 e. The summed E-state index contributed by atoms with van der Waals surface area (Å²) in [6.45, 7) is 3.93. The monoisotopic (exact) mass is 376 g/mol. The van der Waals surface area contributed by atoms with E-state index in [0.29, 0.717) is 11.6 Å². The summed E-state index contributed by atoms with van der Waals surface area (Å²) in [4.78, 5) is 30.5. The normalized spacial score (nSPS) is 14.2. The molecule has 7 heteroatoms. The number of benzene rings is 1. The van der Waals surface area contributed by atoms with Crippen LogP contribution in [0.5, 0.6) is 0 Å². The van der Waals surface area contributed by atoms with Crippen LogP contribution in [-0.4, -0.2) is 33.6 Å². The highest BCUT2D eigenvalue weighted by molar-refractivity contribution is 8.00. The largest absolute Gasteiger partial charge is 0.468 e. The van der Waals surface area contributed by atoms with Gasteiger partial charge >= 0.3 is 5.97 Å². The topological polar surface area (TPSA) is 61.2 Å². The molecular weight excluding hydrogens is 356 g/mol. The van der Waals surface area contributed by atoms with Gasteiger partial charge in [0.2, 0.25) is 0 Å². The Bertz CT molecular complexity index is 847. The van der Waals surface area contributed by atoms with Crippen molar-refractivity contribution in [2.45, 2.75) is 42.0 Å². The zero-order valence-corrected chi connectivity index (χ0v) is 16.1. The Hall–Kier alpha value is -1.73. The number of hydrogen-bond donors (Lipinski definition) is 0. The Labute approximate surface area is 155 Å². The number of fused-ring (bicyclic) bond motifs is 1. The molecule has 0 unspecified atom stereocenters. The number of hydrogen-bond acceptors (Lipinski definition) is 6. The number of aromatic nitrogens is 2. The molecule has 0 amide bonds. The van der Waals surface area contributed by atoms with Gasteiger partial charge in [0.25, 0.3) is 5.56 Å². The van der Waals surface area contributed by atoms with E-state index in [2.05, 4.69) is 0 Å². The summed E-state index contributed by atoms with van der Waals surface area (Å²) in [5.74, 6) is 0.570. The van der Waals surface area contributed by atoms with Crippen molar-refractivity contribution in [2.24, 2.45) is 0 Å². The second-order valence-corrected chi connectivity index (χ2v) is 8.06. The summed E-state index contributed by atoms with van der Waals surface area (Å²) >= 11 is 2.85. The van der Waals surface area contributed by atoms with E-state index >= 15 is 0 Å². The van der Waals surface area contributed by atoms with Gasteiger partial charge in [-0.25, -0.2) is 4.98 Å². The third-order valence-corrected chi connectivity index (χ3v) is 6.44. The lowest BCUT2D eigenvalue weighted by Gasteiger charge is -2.17. The zero-order valence-electron chi connectivity index (χ0n) is 14.4. The van der Waals surface area contributed by atoms with Crippen LogP contribution >= 0.6 is 23.5 Å². The Kier molecular flexibility index (Phi) is 5.54. The molecule has 0 saturated carbocycles. The second-order valence-electron chi connectivity index (χ2n) is 5.78. The number of methoxy groups -OCH3 is 1. The lowest BCUT2D eigenvalue weighted by Crippen LogP contribution is -2.26. The molecule has 1 aliphatic rings. The fraction of sp³-hybridized carbons (Fsp3) is 0.389.